The summed E-state index contributed by atoms with van der Waals surface area (Å²) in [5, 5.41) is 8.68. The molecule has 1 rings (SSSR count). The number of hydrogen-bond donors (Lipinski definition) is 2. The highest BCUT2D eigenvalue weighted by Gasteiger charge is 2.19. The van der Waals surface area contributed by atoms with E-state index < -0.39 is 6.09 Å². The van der Waals surface area contributed by atoms with E-state index in [1.54, 1.807) is 7.05 Å². The number of rotatable bonds is 4. The number of carbonyl (C=O) groups is 1. The van der Waals surface area contributed by atoms with Crippen LogP contribution in [0.3, 0.4) is 0 Å². The zero-order valence-electron chi connectivity index (χ0n) is 9.19. The van der Waals surface area contributed by atoms with Crippen molar-refractivity contribution < 1.29 is 14.6 Å². The molecular weight excluding hydrogens is 196 g/mol. The van der Waals surface area contributed by atoms with Crippen LogP contribution in [0.2, 0.25) is 0 Å². The molecule has 0 aromatic carbocycles. The Morgan fingerprint density at radius 1 is 1.73 bits per heavy atom. The number of hydrogen-bond acceptors (Lipinski definition) is 3. The molecule has 0 bridgehead atoms. The first-order valence-corrected chi connectivity index (χ1v) is 5.37. The lowest BCUT2D eigenvalue weighted by molar-refractivity contribution is 0.0478. The maximum absolute atomic E-state index is 10.6. The van der Waals surface area contributed by atoms with E-state index in [0.717, 1.165) is 32.5 Å². The van der Waals surface area contributed by atoms with E-state index in [1.807, 2.05) is 0 Å². The molecular formula is C10H20N2O3. The van der Waals surface area contributed by atoms with Crippen LogP contribution in [0, 0.1) is 5.92 Å². The van der Waals surface area contributed by atoms with Crippen molar-refractivity contribution in [3.05, 3.63) is 0 Å². The molecule has 1 saturated heterocycles. The Kier molecular flexibility index (Phi) is 4.84. The lowest BCUT2D eigenvalue weighted by atomic mass is 9.94. The number of nitrogens with two attached hydrogens (primary N) is 1. The molecule has 5 nitrogen and oxygen atoms in total. The molecule has 1 aliphatic heterocycles. The smallest absolute Gasteiger partial charge is 0.407 e. The molecule has 1 amide bonds. The van der Waals surface area contributed by atoms with Crippen molar-refractivity contribution in [2.45, 2.75) is 25.3 Å². The second-order valence-corrected chi connectivity index (χ2v) is 4.24. The van der Waals surface area contributed by atoms with Gasteiger partial charge in [-0.15, -0.1) is 0 Å². The van der Waals surface area contributed by atoms with E-state index in [1.165, 1.54) is 4.90 Å². The molecule has 0 saturated carbocycles. The minimum absolute atomic E-state index is 0.0854. The fraction of sp³-hybridized carbons (Fsp3) is 0.900. The van der Waals surface area contributed by atoms with Gasteiger partial charge in [-0.2, -0.15) is 0 Å². The third-order valence-electron chi connectivity index (χ3n) is 2.73. The van der Waals surface area contributed by atoms with Crippen molar-refractivity contribution >= 4 is 6.09 Å². The van der Waals surface area contributed by atoms with Crippen molar-refractivity contribution in [1.29, 1.82) is 0 Å². The molecule has 0 aromatic rings. The van der Waals surface area contributed by atoms with Crippen LogP contribution in [0.15, 0.2) is 0 Å². The Bertz CT molecular complexity index is 205. The minimum Gasteiger partial charge on any atom is -0.465 e. The van der Waals surface area contributed by atoms with E-state index in [9.17, 15) is 4.79 Å². The predicted octanol–water partition coefficient (Wildman–Crippen LogP) is 0.740. The summed E-state index contributed by atoms with van der Waals surface area (Å²) in [6.07, 6.45) is 2.15. The van der Waals surface area contributed by atoms with E-state index in [4.69, 9.17) is 15.6 Å². The largest absolute Gasteiger partial charge is 0.465 e. The highest BCUT2D eigenvalue weighted by atomic mass is 16.5. The molecule has 5 heteroatoms. The molecule has 1 fully saturated rings. The molecule has 0 radical (unpaired) electrons. The van der Waals surface area contributed by atoms with Gasteiger partial charge in [0.2, 0.25) is 0 Å². The Hall–Kier alpha value is -0.810. The molecule has 88 valence electrons. The normalized spacial score (nSPS) is 23.5. The summed E-state index contributed by atoms with van der Waals surface area (Å²) in [6, 6.07) is -0.0854. The van der Waals surface area contributed by atoms with Gasteiger partial charge in [0.25, 0.3) is 0 Å². The summed E-state index contributed by atoms with van der Waals surface area (Å²) in [5.41, 5.74) is 5.88. The SMILES string of the molecule is CN(C[C@H](N)CC1CCCOC1)C(=O)O. The van der Waals surface area contributed by atoms with E-state index in [-0.39, 0.29) is 6.04 Å². The van der Waals surface area contributed by atoms with Gasteiger partial charge in [0.15, 0.2) is 0 Å². The van der Waals surface area contributed by atoms with E-state index >= 15 is 0 Å². The van der Waals surface area contributed by atoms with Crippen LogP contribution in [-0.2, 0) is 4.74 Å². The lowest BCUT2D eigenvalue weighted by Gasteiger charge is -2.26. The molecule has 3 N–H and O–H groups in total. The minimum atomic E-state index is -0.926. The third kappa shape index (κ3) is 4.48. The van der Waals surface area contributed by atoms with Crippen molar-refractivity contribution in [2.24, 2.45) is 11.7 Å². The van der Waals surface area contributed by atoms with Gasteiger partial charge < -0.3 is 20.5 Å². The van der Waals surface area contributed by atoms with Gasteiger partial charge in [-0.1, -0.05) is 0 Å². The first kappa shape index (κ1) is 12.3. The van der Waals surface area contributed by atoms with Crippen molar-refractivity contribution in [3.8, 4) is 0 Å². The van der Waals surface area contributed by atoms with E-state index in [0.29, 0.717) is 12.5 Å². The summed E-state index contributed by atoms with van der Waals surface area (Å²) in [4.78, 5) is 11.8. The quantitative estimate of drug-likeness (QED) is 0.726. The van der Waals surface area contributed by atoms with Gasteiger partial charge in [0.1, 0.15) is 0 Å². The topological polar surface area (TPSA) is 75.8 Å². The first-order valence-electron chi connectivity index (χ1n) is 5.37. The average Bonchev–Trinajstić information content (AvgIpc) is 2.18. The maximum Gasteiger partial charge on any atom is 0.407 e. The zero-order chi connectivity index (χ0) is 11.3. The number of carboxylic acid groups (broad SMARTS) is 1. The average molecular weight is 216 g/mol. The van der Waals surface area contributed by atoms with Crippen molar-refractivity contribution in [2.75, 3.05) is 26.8 Å². The lowest BCUT2D eigenvalue weighted by Crippen LogP contribution is -2.40. The van der Waals surface area contributed by atoms with Crippen LogP contribution in [0.4, 0.5) is 4.79 Å². The number of ether oxygens (including phenoxy) is 1. The molecule has 0 aliphatic carbocycles. The zero-order valence-corrected chi connectivity index (χ0v) is 9.19. The Labute approximate surface area is 90.2 Å². The van der Waals surface area contributed by atoms with Crippen molar-refractivity contribution in [1.82, 2.24) is 4.90 Å². The van der Waals surface area contributed by atoms with Crippen LogP contribution in [0.5, 0.6) is 0 Å². The van der Waals surface area contributed by atoms with E-state index in [2.05, 4.69) is 0 Å². The monoisotopic (exact) mass is 216 g/mol. The highest BCUT2D eigenvalue weighted by Crippen LogP contribution is 2.18. The Morgan fingerprint density at radius 2 is 2.47 bits per heavy atom. The molecule has 1 aliphatic rings. The molecule has 15 heavy (non-hydrogen) atoms. The Balaban J connectivity index is 2.22. The number of likely N-dealkylation sites (N-methyl/N-ethyl adjacent to an activating group) is 1. The number of amides is 1. The highest BCUT2D eigenvalue weighted by molar-refractivity contribution is 5.64. The van der Waals surface area contributed by atoms with Crippen LogP contribution in [-0.4, -0.2) is 48.9 Å². The first-order chi connectivity index (χ1) is 7.09. The molecule has 2 atom stereocenters. The number of nitrogens with zero attached hydrogens (tertiary/aromatic N) is 1. The summed E-state index contributed by atoms with van der Waals surface area (Å²) in [6.45, 7) is 2.01. The molecule has 1 heterocycles. The summed E-state index contributed by atoms with van der Waals surface area (Å²) in [7, 11) is 1.54. The Morgan fingerprint density at radius 3 is 3.00 bits per heavy atom. The van der Waals surface area contributed by atoms with Crippen LogP contribution in [0.25, 0.3) is 0 Å². The van der Waals surface area contributed by atoms with Crippen LogP contribution < -0.4 is 5.73 Å². The van der Waals surface area contributed by atoms with Crippen molar-refractivity contribution in [3.63, 3.8) is 0 Å². The second kappa shape index (κ2) is 5.92. The maximum atomic E-state index is 10.6. The third-order valence-corrected chi connectivity index (χ3v) is 2.73. The summed E-state index contributed by atoms with van der Waals surface area (Å²) >= 11 is 0. The van der Waals surface area contributed by atoms with Gasteiger partial charge in [-0.25, -0.2) is 4.79 Å². The van der Waals surface area contributed by atoms with Crippen LogP contribution >= 0.6 is 0 Å². The van der Waals surface area contributed by atoms with Gasteiger partial charge >= 0.3 is 6.09 Å². The molecule has 0 aromatic heterocycles. The summed E-state index contributed by atoms with van der Waals surface area (Å²) < 4.78 is 5.35. The second-order valence-electron chi connectivity index (χ2n) is 4.24. The van der Waals surface area contributed by atoms with Gasteiger partial charge in [0, 0.05) is 32.8 Å². The summed E-state index contributed by atoms with van der Waals surface area (Å²) in [5.74, 6) is 0.496. The van der Waals surface area contributed by atoms with Gasteiger partial charge in [-0.05, 0) is 25.2 Å². The fourth-order valence-electron chi connectivity index (χ4n) is 1.93. The van der Waals surface area contributed by atoms with Gasteiger partial charge in [-0.3, -0.25) is 0 Å². The molecule has 0 spiro atoms. The van der Waals surface area contributed by atoms with Gasteiger partial charge in [0.05, 0.1) is 0 Å². The fourth-order valence-corrected chi connectivity index (χ4v) is 1.93. The molecule has 1 unspecified atom stereocenters. The predicted molar refractivity (Wildman–Crippen MR) is 56.8 cm³/mol. The van der Waals surface area contributed by atoms with Crippen LogP contribution in [0.1, 0.15) is 19.3 Å². The standard InChI is InChI=1S/C10H20N2O3/c1-12(10(13)14)6-9(11)5-8-3-2-4-15-7-8/h8-9H,2-7,11H2,1H3,(H,13,14)/t8?,9-/m1/s1.